The fourth-order valence-corrected chi connectivity index (χ4v) is 5.23. The largest absolute Gasteiger partial charge is 0.399 e. The number of halogens is 1. The first-order valence-corrected chi connectivity index (χ1v) is 15.7. The Morgan fingerprint density at radius 3 is 1.71 bits per heavy atom. The second-order valence-electron chi connectivity index (χ2n) is 11.5. The van der Waals surface area contributed by atoms with Crippen molar-refractivity contribution >= 4 is 33.6 Å². The normalized spacial score (nSPS) is 14.6. The molecular formula is C30H44FN5O5S. The summed E-state index contributed by atoms with van der Waals surface area (Å²) in [7, 11) is -4.93. The third kappa shape index (κ3) is 13.0. The van der Waals surface area contributed by atoms with Crippen LogP contribution >= 0.6 is 0 Å². The molecule has 0 aliphatic carbocycles. The van der Waals surface area contributed by atoms with E-state index in [2.05, 4.69) is 16.0 Å². The van der Waals surface area contributed by atoms with Crippen LogP contribution in [0.25, 0.3) is 0 Å². The maximum Gasteiger partial charge on any atom is 0.304 e. The van der Waals surface area contributed by atoms with Gasteiger partial charge in [-0.05, 0) is 60.8 Å². The Morgan fingerprint density at radius 1 is 0.738 bits per heavy atom. The summed E-state index contributed by atoms with van der Waals surface area (Å²) in [5.41, 5.74) is 13.9. The van der Waals surface area contributed by atoms with Gasteiger partial charge in [0, 0.05) is 11.7 Å². The molecule has 0 bridgehead atoms. The minimum atomic E-state index is -4.93. The Kier molecular flexibility index (Phi) is 13.4. The number of carbonyl (C=O) groups excluding carboxylic acids is 3. The van der Waals surface area contributed by atoms with Crippen molar-refractivity contribution in [2.24, 2.45) is 17.6 Å². The molecule has 232 valence electrons. The van der Waals surface area contributed by atoms with Crippen LogP contribution in [-0.4, -0.2) is 56.1 Å². The molecule has 4 atom stereocenters. The fourth-order valence-electron chi connectivity index (χ4n) is 4.55. The van der Waals surface area contributed by atoms with Crippen molar-refractivity contribution in [3.63, 3.8) is 0 Å². The third-order valence-electron chi connectivity index (χ3n) is 6.52. The summed E-state index contributed by atoms with van der Waals surface area (Å²) in [5.74, 6) is -2.66. The van der Waals surface area contributed by atoms with Gasteiger partial charge in [0.2, 0.25) is 17.7 Å². The highest BCUT2D eigenvalue weighted by atomic mass is 32.3. The number of nitrogens with two attached hydrogens (primary N) is 2. The first kappa shape index (κ1) is 34.7. The second kappa shape index (κ2) is 16.2. The van der Waals surface area contributed by atoms with Gasteiger partial charge in [0.1, 0.15) is 17.8 Å². The zero-order valence-electron chi connectivity index (χ0n) is 24.7. The van der Waals surface area contributed by atoms with E-state index >= 15 is 0 Å². The highest BCUT2D eigenvalue weighted by Crippen LogP contribution is 2.13. The van der Waals surface area contributed by atoms with Crippen LogP contribution in [0.15, 0.2) is 54.6 Å². The lowest BCUT2D eigenvalue weighted by Crippen LogP contribution is -2.57. The van der Waals surface area contributed by atoms with Gasteiger partial charge < -0.3 is 27.4 Å². The summed E-state index contributed by atoms with van der Waals surface area (Å²) >= 11 is 0. The topological polar surface area (TPSA) is 173 Å². The van der Waals surface area contributed by atoms with Crippen molar-refractivity contribution in [1.82, 2.24) is 16.0 Å². The highest BCUT2D eigenvalue weighted by Gasteiger charge is 2.31. The van der Waals surface area contributed by atoms with E-state index in [4.69, 9.17) is 11.5 Å². The number of rotatable bonds is 16. The molecule has 0 aliphatic rings. The molecular weight excluding hydrogens is 561 g/mol. The molecule has 0 heterocycles. The van der Waals surface area contributed by atoms with E-state index in [-0.39, 0.29) is 31.1 Å². The molecule has 3 amide bonds. The second-order valence-corrected chi connectivity index (χ2v) is 12.9. The molecule has 0 saturated heterocycles. The van der Waals surface area contributed by atoms with E-state index in [9.17, 15) is 26.7 Å². The molecule has 0 fully saturated rings. The number of carbonyl (C=O) groups is 3. The Labute approximate surface area is 248 Å². The molecule has 0 saturated carbocycles. The lowest BCUT2D eigenvalue weighted by molar-refractivity contribution is -0.133. The summed E-state index contributed by atoms with van der Waals surface area (Å²) in [5, 5.41) is 8.05. The minimum Gasteiger partial charge on any atom is -0.399 e. The number of hydrogen-bond donors (Lipinski definition) is 5. The third-order valence-corrected chi connectivity index (χ3v) is 7.32. The van der Waals surface area contributed by atoms with E-state index < -0.39 is 57.9 Å². The average Bonchev–Trinajstić information content (AvgIpc) is 2.88. The molecule has 10 nitrogen and oxygen atoms in total. The van der Waals surface area contributed by atoms with Crippen LogP contribution in [0.2, 0.25) is 0 Å². The molecule has 2 aromatic carbocycles. The van der Waals surface area contributed by atoms with Crippen molar-refractivity contribution in [3.8, 4) is 0 Å². The molecule has 12 heteroatoms. The van der Waals surface area contributed by atoms with Gasteiger partial charge in [-0.25, -0.2) is 0 Å². The lowest BCUT2D eigenvalue weighted by Gasteiger charge is -2.27. The van der Waals surface area contributed by atoms with Crippen LogP contribution in [0, 0.1) is 11.8 Å². The van der Waals surface area contributed by atoms with Crippen LogP contribution in [0.5, 0.6) is 0 Å². The first-order chi connectivity index (χ1) is 19.6. The quantitative estimate of drug-likeness (QED) is 0.144. The number of nitrogens with one attached hydrogen (secondary N) is 3. The van der Waals surface area contributed by atoms with Gasteiger partial charge in [0.05, 0.1) is 6.04 Å². The molecule has 0 unspecified atom stereocenters. The van der Waals surface area contributed by atoms with Crippen molar-refractivity contribution in [2.45, 2.75) is 77.5 Å². The highest BCUT2D eigenvalue weighted by molar-refractivity contribution is 7.86. The van der Waals surface area contributed by atoms with E-state index in [1.165, 1.54) is 0 Å². The summed E-state index contributed by atoms with van der Waals surface area (Å²) in [4.78, 5) is 39.7. The average molecular weight is 606 g/mol. The predicted octanol–water partition coefficient (Wildman–Crippen LogP) is 2.23. The standard InChI is InChI=1S/C30H44FN5O5S/c1-19(2)14-26(29(38)34-24(18-42(31,40)41)16-22-10-12-23(32)13-11-22)36-30(39)27(15-20(3)4)35-28(37)25(33)17-21-8-6-5-7-9-21/h5-13,19-20,24-27H,14-18,32-33H2,1-4H3,(H,34,38)(H,35,37)(H,36,39)/t24-,25-,26-,27-/m0/s1. The van der Waals surface area contributed by atoms with Gasteiger partial charge in [0.15, 0.2) is 0 Å². The number of anilines is 1. The van der Waals surface area contributed by atoms with Gasteiger partial charge in [-0.1, -0.05) is 70.2 Å². The van der Waals surface area contributed by atoms with Crippen molar-refractivity contribution < 1.29 is 26.7 Å². The number of benzene rings is 2. The maximum atomic E-state index is 13.7. The zero-order chi connectivity index (χ0) is 31.4. The molecule has 0 aliphatic heterocycles. The smallest absolute Gasteiger partial charge is 0.304 e. The van der Waals surface area contributed by atoms with Crippen LogP contribution < -0.4 is 27.4 Å². The van der Waals surface area contributed by atoms with Crippen LogP contribution in [-0.2, 0) is 37.4 Å². The molecule has 0 radical (unpaired) electrons. The number of amides is 3. The zero-order valence-corrected chi connectivity index (χ0v) is 25.5. The molecule has 2 aromatic rings. The minimum absolute atomic E-state index is 0.0288. The fraction of sp³-hybridized carbons (Fsp3) is 0.500. The molecule has 0 spiro atoms. The Balaban J connectivity index is 2.18. The van der Waals surface area contributed by atoms with Crippen LogP contribution in [0.1, 0.15) is 51.7 Å². The van der Waals surface area contributed by atoms with Crippen molar-refractivity contribution in [1.29, 1.82) is 0 Å². The van der Waals surface area contributed by atoms with Crippen molar-refractivity contribution in [2.75, 3.05) is 11.5 Å². The molecule has 0 aromatic heterocycles. The van der Waals surface area contributed by atoms with Gasteiger partial charge in [-0.2, -0.15) is 8.42 Å². The van der Waals surface area contributed by atoms with Gasteiger partial charge in [0.25, 0.3) is 0 Å². The maximum absolute atomic E-state index is 13.7. The van der Waals surface area contributed by atoms with Gasteiger partial charge in [-0.15, -0.1) is 3.89 Å². The monoisotopic (exact) mass is 605 g/mol. The first-order valence-electron chi connectivity index (χ1n) is 14.1. The van der Waals surface area contributed by atoms with Gasteiger partial charge in [-0.3, -0.25) is 14.4 Å². The van der Waals surface area contributed by atoms with Crippen LogP contribution in [0.3, 0.4) is 0 Å². The number of nitrogen functional groups attached to an aromatic ring is 1. The molecule has 7 N–H and O–H groups in total. The Bertz CT molecular complexity index is 1270. The molecule has 42 heavy (non-hydrogen) atoms. The predicted molar refractivity (Wildman–Crippen MR) is 162 cm³/mol. The Hall–Kier alpha value is -3.51. The molecule has 2 rings (SSSR count). The van der Waals surface area contributed by atoms with E-state index in [1.807, 2.05) is 58.0 Å². The van der Waals surface area contributed by atoms with Crippen molar-refractivity contribution in [3.05, 3.63) is 65.7 Å². The Morgan fingerprint density at radius 2 is 1.21 bits per heavy atom. The van der Waals surface area contributed by atoms with E-state index in [0.717, 1.165) is 5.56 Å². The number of hydrogen-bond acceptors (Lipinski definition) is 7. The van der Waals surface area contributed by atoms with Gasteiger partial charge >= 0.3 is 10.2 Å². The lowest BCUT2D eigenvalue weighted by atomic mass is 9.99. The summed E-state index contributed by atoms with van der Waals surface area (Å²) < 4.78 is 36.7. The SMILES string of the molecule is CC(C)C[C@H](NC(=O)[C@H](CC(C)C)NC(=O)[C@@H](N)Cc1ccccc1)C(=O)N[C@@H](Cc1ccc(N)cc1)CS(=O)(=O)F. The summed E-state index contributed by atoms with van der Waals surface area (Å²) in [6.07, 6.45) is 0.840. The summed E-state index contributed by atoms with van der Waals surface area (Å²) in [6.45, 7) is 7.52. The van der Waals surface area contributed by atoms with E-state index in [1.54, 1.807) is 24.3 Å². The van der Waals surface area contributed by atoms with E-state index in [0.29, 0.717) is 17.7 Å². The summed E-state index contributed by atoms with van der Waals surface area (Å²) in [6, 6.07) is 11.8. The van der Waals surface area contributed by atoms with Crippen LogP contribution in [0.4, 0.5) is 9.57 Å².